The third-order valence-electron chi connectivity index (χ3n) is 4.00. The summed E-state index contributed by atoms with van der Waals surface area (Å²) in [5.74, 6) is 0. The van der Waals surface area contributed by atoms with E-state index in [1.54, 1.807) is 0 Å². The minimum absolute atomic E-state index is 0.434. The van der Waals surface area contributed by atoms with E-state index in [1.165, 1.54) is 44.9 Å². The number of ether oxygens (including phenoxy) is 1. The lowest BCUT2D eigenvalue weighted by atomic mass is 9.94. The monoisotopic (exact) mass is 197 g/mol. The second-order valence-corrected chi connectivity index (χ2v) is 5.33. The van der Waals surface area contributed by atoms with Crippen LogP contribution in [0.3, 0.4) is 0 Å². The van der Waals surface area contributed by atoms with Crippen LogP contribution in [0, 0.1) is 5.41 Å². The van der Waals surface area contributed by atoms with Gasteiger partial charge in [-0.3, -0.25) is 0 Å². The highest BCUT2D eigenvalue weighted by Gasteiger charge is 2.42. The molecule has 1 saturated heterocycles. The van der Waals surface area contributed by atoms with Crippen LogP contribution >= 0.6 is 0 Å². The first-order valence-electron chi connectivity index (χ1n) is 6.08. The Morgan fingerprint density at radius 1 is 1.50 bits per heavy atom. The largest absolute Gasteiger partial charge is 0.378 e. The third-order valence-corrected chi connectivity index (χ3v) is 4.00. The molecule has 2 fully saturated rings. The van der Waals surface area contributed by atoms with Crippen LogP contribution in [0.25, 0.3) is 0 Å². The predicted octanol–water partition coefficient (Wildman–Crippen LogP) is 2.46. The van der Waals surface area contributed by atoms with Gasteiger partial charge in [-0.2, -0.15) is 0 Å². The van der Waals surface area contributed by atoms with Gasteiger partial charge in [0.05, 0.1) is 6.10 Å². The highest BCUT2D eigenvalue weighted by atomic mass is 16.5. The molecule has 0 aromatic heterocycles. The lowest BCUT2D eigenvalue weighted by Crippen LogP contribution is -2.29. The van der Waals surface area contributed by atoms with Gasteiger partial charge in [0.1, 0.15) is 0 Å². The first kappa shape index (κ1) is 10.4. The van der Waals surface area contributed by atoms with E-state index in [2.05, 4.69) is 6.92 Å². The summed E-state index contributed by atoms with van der Waals surface area (Å²) in [5.41, 5.74) is 6.65. The summed E-state index contributed by atoms with van der Waals surface area (Å²) >= 11 is 0. The first-order chi connectivity index (χ1) is 6.71. The molecular formula is C12H23NO. The molecule has 0 spiro atoms. The second-order valence-electron chi connectivity index (χ2n) is 5.33. The van der Waals surface area contributed by atoms with E-state index in [9.17, 15) is 0 Å². The van der Waals surface area contributed by atoms with E-state index in [1.807, 2.05) is 0 Å². The van der Waals surface area contributed by atoms with Crippen molar-refractivity contribution >= 4 is 0 Å². The smallest absolute Gasteiger partial charge is 0.0576 e. The van der Waals surface area contributed by atoms with E-state index in [-0.39, 0.29) is 0 Å². The van der Waals surface area contributed by atoms with E-state index in [0.29, 0.717) is 17.6 Å². The van der Waals surface area contributed by atoms with Gasteiger partial charge in [0.15, 0.2) is 0 Å². The second kappa shape index (κ2) is 4.19. The summed E-state index contributed by atoms with van der Waals surface area (Å²) in [4.78, 5) is 0. The molecule has 1 heterocycles. The topological polar surface area (TPSA) is 35.2 Å². The standard InChI is InChI=1S/C12H23NO/c1-12(7-8-12)11(13)6-2-4-10-5-3-9-14-10/h10-11H,2-9,13H2,1H3. The SMILES string of the molecule is CC1(C(N)CCCC2CCCO2)CC1. The zero-order valence-corrected chi connectivity index (χ0v) is 9.30. The average Bonchev–Trinajstić information content (AvgIpc) is 2.73. The summed E-state index contributed by atoms with van der Waals surface area (Å²) in [5, 5.41) is 0. The van der Waals surface area contributed by atoms with Gasteiger partial charge >= 0.3 is 0 Å². The fourth-order valence-electron chi connectivity index (χ4n) is 2.35. The van der Waals surface area contributed by atoms with Crippen molar-refractivity contribution in [3.63, 3.8) is 0 Å². The van der Waals surface area contributed by atoms with Crippen molar-refractivity contribution in [1.82, 2.24) is 0 Å². The van der Waals surface area contributed by atoms with Crippen molar-refractivity contribution in [1.29, 1.82) is 0 Å². The van der Waals surface area contributed by atoms with Crippen molar-refractivity contribution in [3.8, 4) is 0 Å². The van der Waals surface area contributed by atoms with Gasteiger partial charge < -0.3 is 10.5 Å². The molecule has 0 aromatic rings. The van der Waals surface area contributed by atoms with E-state index < -0.39 is 0 Å². The zero-order valence-electron chi connectivity index (χ0n) is 9.30. The van der Waals surface area contributed by atoms with Crippen molar-refractivity contribution in [2.24, 2.45) is 11.1 Å². The molecule has 82 valence electrons. The molecule has 0 aromatic carbocycles. The van der Waals surface area contributed by atoms with Crippen LogP contribution in [0.5, 0.6) is 0 Å². The van der Waals surface area contributed by atoms with Crippen LogP contribution < -0.4 is 5.73 Å². The molecule has 2 atom stereocenters. The van der Waals surface area contributed by atoms with Gasteiger partial charge in [-0.15, -0.1) is 0 Å². The Morgan fingerprint density at radius 2 is 2.29 bits per heavy atom. The zero-order chi connectivity index (χ0) is 10.0. The summed E-state index contributed by atoms with van der Waals surface area (Å²) in [7, 11) is 0. The molecule has 1 aliphatic carbocycles. The van der Waals surface area contributed by atoms with Crippen LogP contribution in [0.2, 0.25) is 0 Å². The molecule has 1 aliphatic heterocycles. The summed E-state index contributed by atoms with van der Waals surface area (Å²) in [6, 6.07) is 0.434. The molecule has 2 heteroatoms. The molecule has 2 nitrogen and oxygen atoms in total. The van der Waals surface area contributed by atoms with Crippen molar-refractivity contribution in [2.45, 2.75) is 64.0 Å². The molecular weight excluding hydrogens is 174 g/mol. The third kappa shape index (κ3) is 2.48. The van der Waals surface area contributed by atoms with Gasteiger partial charge in [0.25, 0.3) is 0 Å². The van der Waals surface area contributed by atoms with Gasteiger partial charge in [0, 0.05) is 12.6 Å². The maximum atomic E-state index is 6.16. The number of rotatable bonds is 5. The van der Waals surface area contributed by atoms with Crippen molar-refractivity contribution < 1.29 is 4.74 Å². The van der Waals surface area contributed by atoms with Crippen LogP contribution in [0.15, 0.2) is 0 Å². The van der Waals surface area contributed by atoms with E-state index in [0.717, 1.165) is 6.61 Å². The van der Waals surface area contributed by atoms with Gasteiger partial charge in [-0.05, 0) is 50.4 Å². The van der Waals surface area contributed by atoms with E-state index in [4.69, 9.17) is 10.5 Å². The fourth-order valence-corrected chi connectivity index (χ4v) is 2.35. The summed E-state index contributed by atoms with van der Waals surface area (Å²) in [6.07, 6.45) is 9.43. The van der Waals surface area contributed by atoms with Gasteiger partial charge in [-0.25, -0.2) is 0 Å². The molecule has 2 rings (SSSR count). The minimum Gasteiger partial charge on any atom is -0.378 e. The normalized spacial score (nSPS) is 31.7. The highest BCUT2D eigenvalue weighted by molar-refractivity contribution is 4.96. The van der Waals surface area contributed by atoms with Crippen LogP contribution in [0.1, 0.15) is 51.9 Å². The van der Waals surface area contributed by atoms with Crippen LogP contribution in [-0.2, 0) is 4.74 Å². The summed E-state index contributed by atoms with van der Waals surface area (Å²) < 4.78 is 5.60. The molecule has 2 N–H and O–H groups in total. The lowest BCUT2D eigenvalue weighted by Gasteiger charge is -2.19. The fraction of sp³-hybridized carbons (Fsp3) is 1.00. The predicted molar refractivity (Wildman–Crippen MR) is 58.1 cm³/mol. The summed E-state index contributed by atoms with van der Waals surface area (Å²) in [6.45, 7) is 3.30. The average molecular weight is 197 g/mol. The number of nitrogens with two attached hydrogens (primary N) is 1. The van der Waals surface area contributed by atoms with Gasteiger partial charge in [-0.1, -0.05) is 6.92 Å². The molecule has 0 radical (unpaired) electrons. The molecule has 14 heavy (non-hydrogen) atoms. The molecule has 1 saturated carbocycles. The Morgan fingerprint density at radius 3 is 2.86 bits per heavy atom. The maximum absolute atomic E-state index is 6.16. The van der Waals surface area contributed by atoms with Crippen LogP contribution in [-0.4, -0.2) is 18.8 Å². The minimum atomic E-state index is 0.434. The molecule has 2 unspecified atom stereocenters. The quantitative estimate of drug-likeness (QED) is 0.735. The van der Waals surface area contributed by atoms with Crippen LogP contribution in [0.4, 0.5) is 0 Å². The lowest BCUT2D eigenvalue weighted by molar-refractivity contribution is 0.101. The van der Waals surface area contributed by atoms with Crippen molar-refractivity contribution in [3.05, 3.63) is 0 Å². The Bertz CT molecular complexity index is 183. The Kier molecular flexibility index (Phi) is 3.13. The molecule has 0 amide bonds. The Labute approximate surface area is 87.2 Å². The number of hydrogen-bond acceptors (Lipinski definition) is 2. The Balaban J connectivity index is 1.58. The maximum Gasteiger partial charge on any atom is 0.0576 e. The van der Waals surface area contributed by atoms with Gasteiger partial charge in [0.2, 0.25) is 0 Å². The van der Waals surface area contributed by atoms with Crippen molar-refractivity contribution in [2.75, 3.05) is 6.61 Å². The van der Waals surface area contributed by atoms with E-state index >= 15 is 0 Å². The first-order valence-corrected chi connectivity index (χ1v) is 6.08. The number of hydrogen-bond donors (Lipinski definition) is 1. The molecule has 2 aliphatic rings. The Hall–Kier alpha value is -0.0800. The molecule has 0 bridgehead atoms. The highest BCUT2D eigenvalue weighted by Crippen LogP contribution is 2.48.